The third-order valence-corrected chi connectivity index (χ3v) is 3.41. The second-order valence-electron chi connectivity index (χ2n) is 4.67. The van der Waals surface area contributed by atoms with Gasteiger partial charge in [0, 0.05) is 24.7 Å². The summed E-state index contributed by atoms with van der Waals surface area (Å²) in [6, 6.07) is 2.00. The van der Waals surface area contributed by atoms with Gasteiger partial charge in [0.1, 0.15) is 5.82 Å². The number of pyridine rings is 1. The van der Waals surface area contributed by atoms with Crippen molar-refractivity contribution in [1.29, 1.82) is 0 Å². The van der Waals surface area contributed by atoms with E-state index in [1.165, 1.54) is 12.8 Å². The van der Waals surface area contributed by atoms with Crippen LogP contribution in [0.5, 0.6) is 0 Å². The Kier molecular flexibility index (Phi) is 2.66. The van der Waals surface area contributed by atoms with E-state index in [0.717, 1.165) is 35.4 Å². The molecule has 0 unspecified atom stereocenters. The molecule has 1 fully saturated rings. The van der Waals surface area contributed by atoms with Gasteiger partial charge in [-0.1, -0.05) is 0 Å². The Balaban J connectivity index is 2.00. The minimum Gasteiger partial charge on any atom is -0.481 e. The lowest BCUT2D eigenvalue weighted by molar-refractivity contribution is -0.136. The molecule has 0 bridgehead atoms. The molecule has 0 aromatic carbocycles. The van der Waals surface area contributed by atoms with Crippen molar-refractivity contribution in [2.75, 3.05) is 18.0 Å². The Morgan fingerprint density at radius 3 is 2.94 bits per heavy atom. The van der Waals surface area contributed by atoms with Crippen LogP contribution in [0, 0.1) is 0 Å². The number of H-pyrrole nitrogens is 1. The van der Waals surface area contributed by atoms with Gasteiger partial charge in [-0.15, -0.1) is 0 Å². The number of hydrogen-bond donors (Lipinski definition) is 2. The standard InChI is InChI=1S/C13H15N3O2/c17-13(18)5-9-7-14-11-8-15-12(6-10(9)11)16-3-1-2-4-16/h6-8,14H,1-5H2,(H,17,18). The van der Waals surface area contributed by atoms with Crippen molar-refractivity contribution < 1.29 is 9.90 Å². The third-order valence-electron chi connectivity index (χ3n) is 3.41. The topological polar surface area (TPSA) is 69.2 Å². The second-order valence-corrected chi connectivity index (χ2v) is 4.67. The predicted molar refractivity (Wildman–Crippen MR) is 68.9 cm³/mol. The summed E-state index contributed by atoms with van der Waals surface area (Å²) in [6.45, 7) is 2.08. The summed E-state index contributed by atoms with van der Waals surface area (Å²) in [6.07, 6.45) is 6.00. The molecule has 2 N–H and O–H groups in total. The number of nitrogens with one attached hydrogen (secondary N) is 1. The maximum absolute atomic E-state index is 10.8. The van der Waals surface area contributed by atoms with Crippen LogP contribution in [0.15, 0.2) is 18.5 Å². The van der Waals surface area contributed by atoms with Gasteiger partial charge < -0.3 is 15.0 Å². The summed E-state index contributed by atoms with van der Waals surface area (Å²) < 4.78 is 0. The third kappa shape index (κ3) is 1.92. The van der Waals surface area contributed by atoms with Gasteiger partial charge in [-0.25, -0.2) is 4.98 Å². The zero-order chi connectivity index (χ0) is 12.5. The quantitative estimate of drug-likeness (QED) is 0.865. The van der Waals surface area contributed by atoms with Crippen molar-refractivity contribution in [3.05, 3.63) is 24.0 Å². The largest absolute Gasteiger partial charge is 0.481 e. The average Bonchev–Trinajstić information content (AvgIpc) is 2.98. The lowest BCUT2D eigenvalue weighted by atomic mass is 10.1. The zero-order valence-electron chi connectivity index (χ0n) is 10.0. The van der Waals surface area contributed by atoms with Crippen molar-refractivity contribution >= 4 is 22.7 Å². The van der Waals surface area contributed by atoms with Crippen molar-refractivity contribution in [3.63, 3.8) is 0 Å². The van der Waals surface area contributed by atoms with E-state index in [4.69, 9.17) is 5.11 Å². The summed E-state index contributed by atoms with van der Waals surface area (Å²) in [5, 5.41) is 9.85. The van der Waals surface area contributed by atoms with Gasteiger partial charge in [0.15, 0.2) is 0 Å². The van der Waals surface area contributed by atoms with Crippen molar-refractivity contribution in [1.82, 2.24) is 9.97 Å². The molecule has 5 nitrogen and oxygen atoms in total. The van der Waals surface area contributed by atoms with Crippen molar-refractivity contribution in [3.8, 4) is 0 Å². The number of hydrogen-bond acceptors (Lipinski definition) is 3. The lowest BCUT2D eigenvalue weighted by Gasteiger charge is -2.16. The fraction of sp³-hybridized carbons (Fsp3) is 0.385. The highest BCUT2D eigenvalue weighted by molar-refractivity contribution is 5.88. The number of carboxylic acids is 1. The van der Waals surface area contributed by atoms with Crippen LogP contribution in [0.4, 0.5) is 5.82 Å². The smallest absolute Gasteiger partial charge is 0.307 e. The lowest BCUT2D eigenvalue weighted by Crippen LogP contribution is -2.18. The van der Waals surface area contributed by atoms with E-state index in [1.807, 2.05) is 6.07 Å². The maximum atomic E-state index is 10.8. The Morgan fingerprint density at radius 1 is 1.44 bits per heavy atom. The molecule has 0 aliphatic carbocycles. The molecular weight excluding hydrogens is 230 g/mol. The molecular formula is C13H15N3O2. The first-order valence-corrected chi connectivity index (χ1v) is 6.17. The van der Waals surface area contributed by atoms with Gasteiger partial charge in [-0.3, -0.25) is 4.79 Å². The molecule has 0 radical (unpaired) electrons. The molecule has 3 rings (SSSR count). The molecule has 0 spiro atoms. The fourth-order valence-corrected chi connectivity index (χ4v) is 2.50. The van der Waals surface area contributed by atoms with E-state index >= 15 is 0 Å². The van der Waals surface area contributed by atoms with Gasteiger partial charge in [0.25, 0.3) is 0 Å². The van der Waals surface area contributed by atoms with E-state index in [0.29, 0.717) is 0 Å². The van der Waals surface area contributed by atoms with Crippen LogP contribution in [0.1, 0.15) is 18.4 Å². The van der Waals surface area contributed by atoms with Crippen LogP contribution >= 0.6 is 0 Å². The summed E-state index contributed by atoms with van der Waals surface area (Å²) >= 11 is 0. The van der Waals surface area contributed by atoms with E-state index in [2.05, 4.69) is 14.9 Å². The van der Waals surface area contributed by atoms with E-state index in [1.54, 1.807) is 12.4 Å². The van der Waals surface area contributed by atoms with E-state index in [9.17, 15) is 4.79 Å². The number of aliphatic carboxylic acids is 1. The van der Waals surface area contributed by atoms with Gasteiger partial charge in [-0.2, -0.15) is 0 Å². The number of carbonyl (C=O) groups is 1. The normalized spacial score (nSPS) is 15.4. The molecule has 94 valence electrons. The van der Waals surface area contributed by atoms with E-state index in [-0.39, 0.29) is 6.42 Å². The van der Waals surface area contributed by atoms with E-state index < -0.39 is 5.97 Å². The summed E-state index contributed by atoms with van der Waals surface area (Å²) in [4.78, 5) is 20.6. The Bertz CT molecular complexity index is 585. The highest BCUT2D eigenvalue weighted by Crippen LogP contribution is 2.24. The SMILES string of the molecule is O=C(O)Cc1c[nH]c2cnc(N3CCCC3)cc12. The van der Waals surface area contributed by atoms with Crippen LogP contribution in [-0.2, 0) is 11.2 Å². The number of aromatic amines is 1. The van der Waals surface area contributed by atoms with Crippen LogP contribution in [0.2, 0.25) is 0 Å². The first-order valence-electron chi connectivity index (χ1n) is 6.17. The predicted octanol–water partition coefficient (Wildman–Crippen LogP) is 1.79. The Morgan fingerprint density at radius 2 is 2.22 bits per heavy atom. The second kappa shape index (κ2) is 4.33. The molecule has 18 heavy (non-hydrogen) atoms. The minimum atomic E-state index is -0.810. The Labute approximate surface area is 104 Å². The highest BCUT2D eigenvalue weighted by Gasteiger charge is 2.15. The van der Waals surface area contributed by atoms with Crippen LogP contribution < -0.4 is 4.90 Å². The van der Waals surface area contributed by atoms with Crippen LogP contribution in [0.25, 0.3) is 10.9 Å². The number of rotatable bonds is 3. The summed E-state index contributed by atoms with van der Waals surface area (Å²) in [7, 11) is 0. The van der Waals surface area contributed by atoms with Crippen LogP contribution in [-0.4, -0.2) is 34.1 Å². The first-order chi connectivity index (χ1) is 8.74. The van der Waals surface area contributed by atoms with Gasteiger partial charge in [-0.05, 0) is 24.5 Å². The number of anilines is 1. The molecule has 5 heteroatoms. The molecule has 0 amide bonds. The molecule has 0 atom stereocenters. The van der Waals surface area contributed by atoms with Gasteiger partial charge in [0.2, 0.25) is 0 Å². The molecule has 0 saturated carbocycles. The molecule has 1 aliphatic heterocycles. The van der Waals surface area contributed by atoms with Crippen LogP contribution in [0.3, 0.4) is 0 Å². The van der Waals surface area contributed by atoms with Crippen molar-refractivity contribution in [2.24, 2.45) is 0 Å². The molecule has 2 aromatic rings. The molecule has 1 saturated heterocycles. The number of carboxylic acid groups (broad SMARTS) is 1. The first kappa shape index (κ1) is 11.1. The Hall–Kier alpha value is -2.04. The molecule has 2 aromatic heterocycles. The zero-order valence-corrected chi connectivity index (χ0v) is 10.0. The highest BCUT2D eigenvalue weighted by atomic mass is 16.4. The number of aromatic nitrogens is 2. The molecule has 1 aliphatic rings. The average molecular weight is 245 g/mol. The maximum Gasteiger partial charge on any atom is 0.307 e. The van der Waals surface area contributed by atoms with Gasteiger partial charge in [0.05, 0.1) is 18.1 Å². The fourth-order valence-electron chi connectivity index (χ4n) is 2.50. The summed E-state index contributed by atoms with van der Waals surface area (Å²) in [5.74, 6) is 0.140. The minimum absolute atomic E-state index is 0.0451. The molecule has 3 heterocycles. The summed E-state index contributed by atoms with van der Waals surface area (Å²) in [5.41, 5.74) is 1.72. The monoisotopic (exact) mass is 245 g/mol. The van der Waals surface area contributed by atoms with Gasteiger partial charge >= 0.3 is 5.97 Å². The number of fused-ring (bicyclic) bond motifs is 1. The van der Waals surface area contributed by atoms with Crippen molar-refractivity contribution in [2.45, 2.75) is 19.3 Å². The number of nitrogens with zero attached hydrogens (tertiary/aromatic N) is 2.